The Labute approximate surface area is 276 Å². The fourth-order valence-electron chi connectivity index (χ4n) is 4.03. The van der Waals surface area contributed by atoms with Crippen molar-refractivity contribution in [1.29, 1.82) is 0 Å². The number of hydrogen-bond donors (Lipinski definition) is 0. The first-order valence-corrected chi connectivity index (χ1v) is 14.2. The van der Waals surface area contributed by atoms with Crippen LogP contribution in [0.1, 0.15) is 25.0 Å². The molecule has 48 heavy (non-hydrogen) atoms. The molecule has 0 spiro atoms. The number of benzene rings is 4. The van der Waals surface area contributed by atoms with Crippen LogP contribution in [0.4, 0.5) is 0 Å². The minimum atomic E-state index is -1.16. The summed E-state index contributed by atoms with van der Waals surface area (Å²) in [4.78, 5) is 59.1. The van der Waals surface area contributed by atoms with E-state index < -0.39 is 23.9 Å². The van der Waals surface area contributed by atoms with Crippen molar-refractivity contribution in [1.82, 2.24) is 0 Å². The molecule has 0 aliphatic carbocycles. The van der Waals surface area contributed by atoms with Gasteiger partial charge in [-0.2, -0.15) is 0 Å². The Morgan fingerprint density at radius 1 is 0.604 bits per heavy atom. The minimum absolute atomic E-state index is 0.0169. The van der Waals surface area contributed by atoms with Crippen LogP contribution in [-0.4, -0.2) is 30.2 Å². The van der Waals surface area contributed by atoms with Crippen molar-refractivity contribution < 1.29 is 42.9 Å². The summed E-state index contributed by atoms with van der Waals surface area (Å²) in [6.07, 6.45) is 1.00. The highest BCUT2D eigenvalue weighted by atomic mass is 16.5. The third-order valence-corrected chi connectivity index (χ3v) is 6.46. The van der Waals surface area contributed by atoms with Gasteiger partial charge in [-0.3, -0.25) is 4.79 Å². The van der Waals surface area contributed by atoms with Crippen molar-refractivity contribution in [2.75, 3.05) is 0 Å². The van der Waals surface area contributed by atoms with Gasteiger partial charge in [0, 0.05) is 34.4 Å². The molecule has 0 N–H and O–H groups in total. The third-order valence-electron chi connectivity index (χ3n) is 6.46. The number of hydrogen-bond acceptors (Lipinski definition) is 9. The standard InChI is InChI=1S/C39H28O9/c1-6-36(41)48-35-21-30(12-9-26-7-10-27(11-8-26)28-13-17-31(18-14-28)45-38(43)24(2)3)34(47-37(42)23-40)22-33(35)29-15-19-32(20-16-29)46-39(44)25(4)5/h6-8,10-11,13-23H,1-2,4H2,3,5H3. The summed E-state index contributed by atoms with van der Waals surface area (Å²) in [5, 5.41) is 0. The number of carbonyl (C=O) groups excluding carboxylic acids is 5. The lowest BCUT2D eigenvalue weighted by molar-refractivity contribution is -0.141. The van der Waals surface area contributed by atoms with Gasteiger partial charge < -0.3 is 18.9 Å². The third kappa shape index (κ3) is 8.90. The summed E-state index contributed by atoms with van der Waals surface area (Å²) in [6.45, 7) is 13.7. The zero-order valence-corrected chi connectivity index (χ0v) is 26.0. The van der Waals surface area contributed by atoms with Gasteiger partial charge in [-0.15, -0.1) is 0 Å². The molecule has 4 rings (SSSR count). The van der Waals surface area contributed by atoms with E-state index in [0.717, 1.165) is 17.2 Å². The second-order valence-electron chi connectivity index (χ2n) is 10.2. The molecule has 9 heteroatoms. The lowest BCUT2D eigenvalue weighted by Crippen LogP contribution is -2.11. The zero-order chi connectivity index (χ0) is 34.8. The molecule has 9 nitrogen and oxygen atoms in total. The van der Waals surface area contributed by atoms with E-state index in [9.17, 15) is 24.0 Å². The van der Waals surface area contributed by atoms with Crippen molar-refractivity contribution >= 4 is 30.2 Å². The molecule has 0 aromatic heterocycles. The Morgan fingerprint density at radius 3 is 1.56 bits per heavy atom. The van der Waals surface area contributed by atoms with Crippen LogP contribution < -0.4 is 18.9 Å². The Hall–Kier alpha value is -6.79. The monoisotopic (exact) mass is 640 g/mol. The zero-order valence-electron chi connectivity index (χ0n) is 26.0. The maximum atomic E-state index is 12.2. The maximum Gasteiger partial charge on any atom is 0.376 e. The van der Waals surface area contributed by atoms with E-state index in [0.29, 0.717) is 28.0 Å². The Balaban J connectivity index is 1.67. The molecule has 0 heterocycles. The molecule has 0 unspecified atom stereocenters. The second-order valence-corrected chi connectivity index (χ2v) is 10.2. The van der Waals surface area contributed by atoms with E-state index in [2.05, 4.69) is 31.6 Å². The van der Waals surface area contributed by atoms with Crippen molar-refractivity contribution in [3.8, 4) is 57.1 Å². The van der Waals surface area contributed by atoms with Gasteiger partial charge in [0.25, 0.3) is 0 Å². The fraction of sp³-hybridized carbons (Fsp3) is 0.0513. The second kappa shape index (κ2) is 15.5. The quantitative estimate of drug-likeness (QED) is 0.0472. The first kappa shape index (κ1) is 34.1. The van der Waals surface area contributed by atoms with Gasteiger partial charge in [-0.25, -0.2) is 19.2 Å². The molecular formula is C39H28O9. The summed E-state index contributed by atoms with van der Waals surface area (Å²) in [6, 6.07) is 23.3. The molecule has 4 aromatic rings. The molecular weight excluding hydrogens is 612 g/mol. The average molecular weight is 641 g/mol. The van der Waals surface area contributed by atoms with Gasteiger partial charge in [0.15, 0.2) is 0 Å². The molecule has 0 bridgehead atoms. The molecule has 0 radical (unpaired) electrons. The number of carbonyl (C=O) groups is 5. The van der Waals surface area contributed by atoms with Crippen LogP contribution in [0.3, 0.4) is 0 Å². The Morgan fingerprint density at radius 2 is 1.08 bits per heavy atom. The Kier molecular flexibility index (Phi) is 11.0. The molecule has 4 aromatic carbocycles. The summed E-state index contributed by atoms with van der Waals surface area (Å²) >= 11 is 0. The largest absolute Gasteiger partial charge is 0.423 e. The summed E-state index contributed by atoms with van der Waals surface area (Å²) in [5.41, 5.74) is 3.83. The van der Waals surface area contributed by atoms with Gasteiger partial charge >= 0.3 is 23.9 Å². The van der Waals surface area contributed by atoms with Gasteiger partial charge in [0.1, 0.15) is 23.0 Å². The molecule has 0 aliphatic heterocycles. The number of ether oxygens (including phenoxy) is 4. The van der Waals surface area contributed by atoms with Crippen LogP contribution >= 0.6 is 0 Å². The highest BCUT2D eigenvalue weighted by Crippen LogP contribution is 2.37. The van der Waals surface area contributed by atoms with E-state index in [1.165, 1.54) is 31.2 Å². The van der Waals surface area contributed by atoms with Crippen molar-refractivity contribution in [3.05, 3.63) is 133 Å². The number of aldehydes is 1. The molecule has 0 saturated carbocycles. The van der Waals surface area contributed by atoms with Gasteiger partial charge in [0.2, 0.25) is 6.29 Å². The first-order valence-electron chi connectivity index (χ1n) is 14.2. The lowest BCUT2D eigenvalue weighted by atomic mass is 10.0. The molecule has 0 aliphatic rings. The van der Waals surface area contributed by atoms with E-state index in [4.69, 9.17) is 18.9 Å². The fourth-order valence-corrected chi connectivity index (χ4v) is 4.03. The van der Waals surface area contributed by atoms with Gasteiger partial charge in [-0.1, -0.05) is 68.0 Å². The predicted molar refractivity (Wildman–Crippen MR) is 178 cm³/mol. The van der Waals surface area contributed by atoms with Crippen LogP contribution in [0.15, 0.2) is 122 Å². The first-order chi connectivity index (χ1) is 23.0. The normalized spacial score (nSPS) is 9.96. The molecule has 238 valence electrons. The van der Waals surface area contributed by atoms with E-state index >= 15 is 0 Å². The highest BCUT2D eigenvalue weighted by molar-refractivity contribution is 6.21. The lowest BCUT2D eigenvalue weighted by Gasteiger charge is -2.14. The van der Waals surface area contributed by atoms with Crippen LogP contribution in [0.2, 0.25) is 0 Å². The average Bonchev–Trinajstić information content (AvgIpc) is 3.08. The maximum absolute atomic E-state index is 12.2. The van der Waals surface area contributed by atoms with E-state index in [1.54, 1.807) is 43.3 Å². The van der Waals surface area contributed by atoms with E-state index in [-0.39, 0.29) is 34.7 Å². The number of rotatable bonds is 10. The van der Waals surface area contributed by atoms with Gasteiger partial charge in [0.05, 0.1) is 5.56 Å². The minimum Gasteiger partial charge on any atom is -0.423 e. The molecule has 0 saturated heterocycles. The topological polar surface area (TPSA) is 122 Å². The molecule has 0 amide bonds. The summed E-state index contributed by atoms with van der Waals surface area (Å²) in [5.74, 6) is 3.54. The van der Waals surface area contributed by atoms with Crippen LogP contribution in [0.5, 0.6) is 23.0 Å². The van der Waals surface area contributed by atoms with Crippen LogP contribution in [0, 0.1) is 11.8 Å². The van der Waals surface area contributed by atoms with Crippen LogP contribution in [0.25, 0.3) is 22.3 Å². The summed E-state index contributed by atoms with van der Waals surface area (Å²) in [7, 11) is 0. The smallest absolute Gasteiger partial charge is 0.376 e. The van der Waals surface area contributed by atoms with E-state index in [1.807, 2.05) is 24.3 Å². The molecule has 0 fully saturated rings. The SMILES string of the molecule is C=CC(=O)Oc1cc(C#Cc2ccc(-c3ccc(OC(=O)C(=C)C)cc3)cc2)c(OC(=O)C=O)cc1-c1ccc(OC(=O)C(=C)C)cc1. The van der Waals surface area contributed by atoms with Crippen LogP contribution in [-0.2, 0) is 24.0 Å². The molecule has 0 atom stereocenters. The number of esters is 4. The van der Waals surface area contributed by atoms with Gasteiger partial charge in [-0.05, 0) is 73.0 Å². The van der Waals surface area contributed by atoms with Crippen molar-refractivity contribution in [2.45, 2.75) is 13.8 Å². The highest BCUT2D eigenvalue weighted by Gasteiger charge is 2.18. The van der Waals surface area contributed by atoms with Crippen molar-refractivity contribution in [3.63, 3.8) is 0 Å². The predicted octanol–water partition coefficient (Wildman–Crippen LogP) is 6.58. The summed E-state index contributed by atoms with van der Waals surface area (Å²) < 4.78 is 21.2. The van der Waals surface area contributed by atoms with Crippen molar-refractivity contribution in [2.24, 2.45) is 0 Å². The Bertz CT molecular complexity index is 2010.